The smallest absolute Gasteiger partial charge is 0.326 e. The van der Waals surface area contributed by atoms with Crippen LogP contribution in [0.1, 0.15) is 23.1 Å². The lowest BCUT2D eigenvalue weighted by atomic mass is 9.84. The Hall–Kier alpha value is -3.35. The van der Waals surface area contributed by atoms with Gasteiger partial charge in [0.1, 0.15) is 18.9 Å². The first-order valence-corrected chi connectivity index (χ1v) is 9.08. The molecule has 7 heteroatoms. The minimum atomic E-state index is -1.19. The number of urea groups is 1. The molecule has 0 aliphatic carbocycles. The molecule has 0 saturated carbocycles. The van der Waals surface area contributed by atoms with Crippen molar-refractivity contribution >= 4 is 17.9 Å². The largest absolute Gasteiger partial charge is 0.493 e. The topological polar surface area (TPSA) is 84.9 Å². The van der Waals surface area contributed by atoms with E-state index in [2.05, 4.69) is 5.32 Å². The number of para-hydroxylation sites is 1. The monoisotopic (exact) mass is 380 g/mol. The SMILES string of the molecule is Cc1ccccc1COC(=O)CN1C(=O)N[C@]2(CCOc3ccccc32)C1=O. The lowest BCUT2D eigenvalue weighted by molar-refractivity contribution is -0.149. The van der Waals surface area contributed by atoms with Gasteiger partial charge in [-0.3, -0.25) is 14.5 Å². The Balaban J connectivity index is 1.48. The van der Waals surface area contributed by atoms with Crippen LogP contribution in [0.15, 0.2) is 48.5 Å². The van der Waals surface area contributed by atoms with Crippen molar-refractivity contribution in [2.75, 3.05) is 13.2 Å². The third-order valence-electron chi connectivity index (χ3n) is 5.19. The molecule has 0 bridgehead atoms. The van der Waals surface area contributed by atoms with Gasteiger partial charge >= 0.3 is 12.0 Å². The molecule has 7 nitrogen and oxygen atoms in total. The van der Waals surface area contributed by atoms with Crippen LogP contribution in [0, 0.1) is 6.92 Å². The van der Waals surface area contributed by atoms with Crippen molar-refractivity contribution in [1.29, 1.82) is 0 Å². The lowest BCUT2D eigenvalue weighted by Crippen LogP contribution is -2.47. The fraction of sp³-hybridized carbons (Fsp3) is 0.286. The number of carbonyl (C=O) groups is 3. The number of ether oxygens (including phenoxy) is 2. The molecule has 0 unspecified atom stereocenters. The molecule has 144 valence electrons. The van der Waals surface area contributed by atoms with Gasteiger partial charge in [0.25, 0.3) is 5.91 Å². The highest BCUT2D eigenvalue weighted by Crippen LogP contribution is 2.40. The zero-order valence-electron chi connectivity index (χ0n) is 15.4. The molecular weight excluding hydrogens is 360 g/mol. The summed E-state index contributed by atoms with van der Waals surface area (Å²) >= 11 is 0. The fourth-order valence-electron chi connectivity index (χ4n) is 3.62. The Morgan fingerprint density at radius 1 is 1.18 bits per heavy atom. The van der Waals surface area contributed by atoms with E-state index in [0.29, 0.717) is 24.3 Å². The number of amides is 3. The van der Waals surface area contributed by atoms with Gasteiger partial charge in [0.15, 0.2) is 5.54 Å². The number of nitrogens with one attached hydrogen (secondary N) is 1. The van der Waals surface area contributed by atoms with Crippen molar-refractivity contribution in [3.05, 3.63) is 65.2 Å². The van der Waals surface area contributed by atoms with Gasteiger partial charge in [0.05, 0.1) is 6.61 Å². The molecule has 1 saturated heterocycles. The van der Waals surface area contributed by atoms with Crippen LogP contribution in [0.25, 0.3) is 0 Å². The van der Waals surface area contributed by atoms with Gasteiger partial charge in [-0.05, 0) is 24.1 Å². The summed E-state index contributed by atoms with van der Waals surface area (Å²) in [5.41, 5.74) is 1.30. The summed E-state index contributed by atoms with van der Waals surface area (Å²) in [5.74, 6) is -0.531. The molecule has 1 atom stereocenters. The number of benzene rings is 2. The molecule has 1 fully saturated rings. The average Bonchev–Trinajstić information content (AvgIpc) is 2.92. The van der Waals surface area contributed by atoms with Crippen molar-refractivity contribution in [1.82, 2.24) is 10.2 Å². The van der Waals surface area contributed by atoms with E-state index in [1.807, 2.05) is 31.2 Å². The van der Waals surface area contributed by atoms with Crippen LogP contribution in [-0.4, -0.2) is 36.0 Å². The fourth-order valence-corrected chi connectivity index (χ4v) is 3.62. The molecule has 0 aromatic heterocycles. The second-order valence-electron chi connectivity index (χ2n) is 6.91. The van der Waals surface area contributed by atoms with E-state index in [1.54, 1.807) is 24.3 Å². The van der Waals surface area contributed by atoms with Crippen molar-refractivity contribution < 1.29 is 23.9 Å². The Labute approximate surface area is 162 Å². The normalized spacial score (nSPS) is 20.5. The van der Waals surface area contributed by atoms with Gasteiger partial charge in [-0.2, -0.15) is 0 Å². The molecule has 2 aliphatic rings. The minimum Gasteiger partial charge on any atom is -0.493 e. The Morgan fingerprint density at radius 3 is 2.75 bits per heavy atom. The van der Waals surface area contributed by atoms with Crippen LogP contribution in [0.2, 0.25) is 0 Å². The summed E-state index contributed by atoms with van der Waals surface area (Å²) in [5, 5.41) is 2.76. The van der Waals surface area contributed by atoms with Crippen LogP contribution in [0.3, 0.4) is 0 Å². The first-order valence-electron chi connectivity index (χ1n) is 9.08. The van der Waals surface area contributed by atoms with Crippen molar-refractivity contribution in [3.8, 4) is 5.75 Å². The Kier molecular flexibility index (Phi) is 4.50. The summed E-state index contributed by atoms with van der Waals surface area (Å²) in [4.78, 5) is 38.8. The second-order valence-corrected chi connectivity index (χ2v) is 6.91. The third-order valence-corrected chi connectivity index (χ3v) is 5.19. The van der Waals surface area contributed by atoms with Gasteiger partial charge in [-0.1, -0.05) is 42.5 Å². The Bertz CT molecular complexity index is 957. The zero-order chi connectivity index (χ0) is 19.7. The number of rotatable bonds is 4. The highest BCUT2D eigenvalue weighted by molar-refractivity contribution is 6.09. The highest BCUT2D eigenvalue weighted by atomic mass is 16.5. The van der Waals surface area contributed by atoms with Gasteiger partial charge in [-0.25, -0.2) is 4.79 Å². The molecule has 2 heterocycles. The van der Waals surface area contributed by atoms with Crippen LogP contribution in [-0.2, 0) is 26.5 Å². The maximum absolute atomic E-state index is 13.1. The number of hydrogen-bond donors (Lipinski definition) is 1. The standard InChI is InChI=1S/C21H20N2O5/c1-14-6-2-3-7-15(14)13-28-18(24)12-23-19(25)21(22-20(23)26)10-11-27-17-9-5-4-8-16(17)21/h2-9H,10-13H2,1H3,(H,22,26)/t21-/m0/s1. The highest BCUT2D eigenvalue weighted by Gasteiger charge is 2.55. The summed E-state index contributed by atoms with van der Waals surface area (Å²) in [6.07, 6.45) is 0.309. The van der Waals surface area contributed by atoms with E-state index in [-0.39, 0.29) is 6.61 Å². The van der Waals surface area contributed by atoms with Crippen LogP contribution < -0.4 is 10.1 Å². The van der Waals surface area contributed by atoms with Gasteiger partial charge in [0, 0.05) is 12.0 Å². The van der Waals surface area contributed by atoms with Crippen molar-refractivity contribution in [2.45, 2.75) is 25.5 Å². The molecule has 4 rings (SSSR count). The molecule has 2 aliphatic heterocycles. The molecule has 1 spiro atoms. The molecule has 0 radical (unpaired) electrons. The van der Waals surface area contributed by atoms with E-state index in [0.717, 1.165) is 16.0 Å². The summed E-state index contributed by atoms with van der Waals surface area (Å²) < 4.78 is 10.9. The molecule has 2 aromatic carbocycles. The number of carbonyl (C=O) groups excluding carboxylic acids is 3. The number of esters is 1. The molecule has 3 amide bonds. The van der Waals surface area contributed by atoms with Crippen LogP contribution in [0.4, 0.5) is 4.79 Å². The van der Waals surface area contributed by atoms with Crippen molar-refractivity contribution in [3.63, 3.8) is 0 Å². The van der Waals surface area contributed by atoms with Crippen LogP contribution in [0.5, 0.6) is 5.75 Å². The first kappa shape index (κ1) is 18.0. The first-order chi connectivity index (χ1) is 13.5. The second kappa shape index (κ2) is 6.99. The third kappa shape index (κ3) is 2.98. The number of fused-ring (bicyclic) bond motifs is 2. The number of nitrogens with zero attached hydrogens (tertiary/aromatic N) is 1. The molecule has 28 heavy (non-hydrogen) atoms. The number of aryl methyl sites for hydroxylation is 1. The quantitative estimate of drug-likeness (QED) is 0.650. The van der Waals surface area contributed by atoms with E-state index in [9.17, 15) is 14.4 Å². The van der Waals surface area contributed by atoms with Gasteiger partial charge in [-0.15, -0.1) is 0 Å². The molecular formula is C21H20N2O5. The molecule has 1 N–H and O–H groups in total. The summed E-state index contributed by atoms with van der Waals surface area (Å²) in [6, 6.07) is 14.1. The Morgan fingerprint density at radius 2 is 1.93 bits per heavy atom. The zero-order valence-corrected chi connectivity index (χ0v) is 15.4. The van der Waals surface area contributed by atoms with Gasteiger partial charge in [0.2, 0.25) is 0 Å². The maximum Gasteiger partial charge on any atom is 0.326 e. The van der Waals surface area contributed by atoms with E-state index < -0.39 is 30.0 Å². The maximum atomic E-state index is 13.1. The predicted octanol–water partition coefficient (Wildman–Crippen LogP) is 2.27. The van der Waals surface area contributed by atoms with Crippen LogP contribution >= 0.6 is 0 Å². The summed E-state index contributed by atoms with van der Waals surface area (Å²) in [6.45, 7) is 1.89. The predicted molar refractivity (Wildman–Crippen MR) is 99.5 cm³/mol. The van der Waals surface area contributed by atoms with E-state index >= 15 is 0 Å². The number of imide groups is 1. The minimum absolute atomic E-state index is 0.0942. The molecule has 2 aromatic rings. The van der Waals surface area contributed by atoms with Crippen molar-refractivity contribution in [2.24, 2.45) is 0 Å². The van der Waals surface area contributed by atoms with E-state index in [4.69, 9.17) is 9.47 Å². The van der Waals surface area contributed by atoms with Gasteiger partial charge < -0.3 is 14.8 Å². The lowest BCUT2D eigenvalue weighted by Gasteiger charge is -2.33. The number of hydrogen-bond acceptors (Lipinski definition) is 5. The average molecular weight is 380 g/mol. The van der Waals surface area contributed by atoms with E-state index in [1.165, 1.54) is 0 Å². The summed E-state index contributed by atoms with van der Waals surface area (Å²) in [7, 11) is 0.